The van der Waals surface area contributed by atoms with Crippen molar-refractivity contribution in [2.24, 2.45) is 0 Å². The van der Waals surface area contributed by atoms with Crippen LogP contribution in [0.4, 0.5) is 4.39 Å². The van der Waals surface area contributed by atoms with Crippen LogP contribution in [0.25, 0.3) is 0 Å². The Labute approximate surface area is 120 Å². The van der Waals surface area contributed by atoms with Crippen LogP contribution in [0.3, 0.4) is 0 Å². The first-order valence-corrected chi connectivity index (χ1v) is 7.55. The monoisotopic (exact) mass is 278 g/mol. The molecular formula is C16H23FN2O. The zero-order valence-electron chi connectivity index (χ0n) is 12.0. The van der Waals surface area contributed by atoms with Gasteiger partial charge in [0.15, 0.2) is 0 Å². The molecule has 110 valence electrons. The van der Waals surface area contributed by atoms with Crippen LogP contribution in [0.15, 0.2) is 24.3 Å². The van der Waals surface area contributed by atoms with Gasteiger partial charge < -0.3 is 10.1 Å². The number of benzene rings is 1. The van der Waals surface area contributed by atoms with Gasteiger partial charge in [0, 0.05) is 25.7 Å². The first-order chi connectivity index (χ1) is 9.74. The second kappa shape index (κ2) is 6.20. The summed E-state index contributed by atoms with van der Waals surface area (Å²) < 4.78 is 18.8. The Balaban J connectivity index is 1.54. The normalized spacial score (nSPS) is 27.7. The van der Waals surface area contributed by atoms with Crippen molar-refractivity contribution in [3.63, 3.8) is 0 Å². The van der Waals surface area contributed by atoms with Gasteiger partial charge >= 0.3 is 0 Å². The maximum absolute atomic E-state index is 13.0. The highest BCUT2D eigenvalue weighted by Crippen LogP contribution is 2.27. The van der Waals surface area contributed by atoms with Crippen LogP contribution >= 0.6 is 0 Å². The molecule has 0 aliphatic carbocycles. The molecule has 3 rings (SSSR count). The lowest BCUT2D eigenvalue weighted by Crippen LogP contribution is -2.43. The molecule has 2 saturated heterocycles. The number of fused-ring (bicyclic) bond motifs is 2. The van der Waals surface area contributed by atoms with Crippen LogP contribution in [0.1, 0.15) is 30.9 Å². The number of nitrogens with zero attached hydrogens (tertiary/aromatic N) is 1. The summed E-state index contributed by atoms with van der Waals surface area (Å²) in [4.78, 5) is 2.51. The summed E-state index contributed by atoms with van der Waals surface area (Å²) >= 11 is 0. The molecule has 0 amide bonds. The Morgan fingerprint density at radius 1 is 1.25 bits per heavy atom. The molecule has 2 fully saturated rings. The maximum Gasteiger partial charge on any atom is 0.123 e. The third-order valence-electron chi connectivity index (χ3n) is 4.47. The highest BCUT2D eigenvalue weighted by Gasteiger charge is 2.33. The van der Waals surface area contributed by atoms with Crippen molar-refractivity contribution >= 4 is 0 Å². The van der Waals surface area contributed by atoms with E-state index < -0.39 is 0 Å². The van der Waals surface area contributed by atoms with E-state index in [1.165, 1.54) is 25.0 Å². The van der Waals surface area contributed by atoms with Crippen molar-refractivity contribution in [2.75, 3.05) is 26.7 Å². The van der Waals surface area contributed by atoms with Gasteiger partial charge in [-0.25, -0.2) is 4.39 Å². The van der Waals surface area contributed by atoms with Crippen molar-refractivity contribution in [3.05, 3.63) is 35.6 Å². The summed E-state index contributed by atoms with van der Waals surface area (Å²) in [5.74, 6) is -0.173. The molecular weight excluding hydrogens is 255 g/mol. The van der Waals surface area contributed by atoms with Crippen molar-refractivity contribution < 1.29 is 9.13 Å². The van der Waals surface area contributed by atoms with Crippen molar-refractivity contribution in [3.8, 4) is 0 Å². The SMILES string of the molecule is CNC(CCN1CC2CCC(C1)O2)c1ccc(F)cc1. The molecule has 2 bridgehead atoms. The molecule has 1 N–H and O–H groups in total. The third-order valence-corrected chi connectivity index (χ3v) is 4.47. The lowest BCUT2D eigenvalue weighted by molar-refractivity contribution is -0.0390. The first-order valence-electron chi connectivity index (χ1n) is 7.55. The summed E-state index contributed by atoms with van der Waals surface area (Å²) in [5.41, 5.74) is 1.16. The fourth-order valence-electron chi connectivity index (χ4n) is 3.37. The number of morpholine rings is 1. The van der Waals surface area contributed by atoms with E-state index in [-0.39, 0.29) is 11.9 Å². The van der Waals surface area contributed by atoms with Crippen molar-refractivity contribution in [1.82, 2.24) is 10.2 Å². The first kappa shape index (κ1) is 14.0. The number of hydrogen-bond acceptors (Lipinski definition) is 3. The van der Waals surface area contributed by atoms with Crippen LogP contribution < -0.4 is 5.32 Å². The smallest absolute Gasteiger partial charge is 0.123 e. The Morgan fingerprint density at radius 3 is 2.50 bits per heavy atom. The van der Waals surface area contributed by atoms with E-state index in [4.69, 9.17) is 4.74 Å². The Bertz CT molecular complexity index is 425. The lowest BCUT2D eigenvalue weighted by Gasteiger charge is -2.33. The molecule has 2 heterocycles. The highest BCUT2D eigenvalue weighted by molar-refractivity contribution is 5.19. The quantitative estimate of drug-likeness (QED) is 0.894. The minimum atomic E-state index is -0.173. The molecule has 3 unspecified atom stereocenters. The van der Waals surface area contributed by atoms with Gasteiger partial charge in [-0.15, -0.1) is 0 Å². The Morgan fingerprint density at radius 2 is 1.90 bits per heavy atom. The van der Waals surface area contributed by atoms with Gasteiger partial charge in [0.05, 0.1) is 12.2 Å². The summed E-state index contributed by atoms with van der Waals surface area (Å²) in [7, 11) is 1.97. The largest absolute Gasteiger partial charge is 0.372 e. The van der Waals surface area contributed by atoms with Crippen LogP contribution in [0.5, 0.6) is 0 Å². The number of halogens is 1. The Hall–Kier alpha value is -0.970. The lowest BCUT2D eigenvalue weighted by atomic mass is 10.0. The number of ether oxygens (including phenoxy) is 1. The van der Waals surface area contributed by atoms with Gasteiger partial charge in [-0.3, -0.25) is 4.90 Å². The van der Waals surface area contributed by atoms with E-state index in [0.29, 0.717) is 12.2 Å². The number of rotatable bonds is 5. The van der Waals surface area contributed by atoms with Gasteiger partial charge in [0.25, 0.3) is 0 Å². The predicted octanol–water partition coefficient (Wildman–Crippen LogP) is 2.34. The molecule has 3 atom stereocenters. The van der Waals surface area contributed by atoms with Gasteiger partial charge in [-0.05, 0) is 44.0 Å². The van der Waals surface area contributed by atoms with E-state index in [1.54, 1.807) is 0 Å². The average molecular weight is 278 g/mol. The molecule has 1 aromatic rings. The summed E-state index contributed by atoms with van der Waals surface area (Å²) in [6.07, 6.45) is 4.38. The molecule has 1 aromatic carbocycles. The second-order valence-corrected chi connectivity index (χ2v) is 5.90. The predicted molar refractivity (Wildman–Crippen MR) is 77.2 cm³/mol. The molecule has 2 aliphatic rings. The zero-order valence-corrected chi connectivity index (χ0v) is 12.0. The van der Waals surface area contributed by atoms with Gasteiger partial charge in [0.1, 0.15) is 5.82 Å². The Kier molecular flexibility index (Phi) is 4.34. The summed E-state index contributed by atoms with van der Waals surface area (Å²) in [5, 5.41) is 3.34. The van der Waals surface area contributed by atoms with Crippen LogP contribution in [0, 0.1) is 5.82 Å². The van der Waals surface area contributed by atoms with Crippen LogP contribution in [-0.2, 0) is 4.74 Å². The minimum absolute atomic E-state index is 0.173. The molecule has 0 radical (unpaired) electrons. The summed E-state index contributed by atoms with van der Waals surface area (Å²) in [6, 6.07) is 7.11. The van der Waals surface area contributed by atoms with Gasteiger partial charge in [-0.2, -0.15) is 0 Å². The maximum atomic E-state index is 13.0. The van der Waals surface area contributed by atoms with E-state index in [2.05, 4.69) is 10.2 Å². The molecule has 3 nitrogen and oxygen atoms in total. The topological polar surface area (TPSA) is 24.5 Å². The van der Waals surface area contributed by atoms with Gasteiger partial charge in [0.2, 0.25) is 0 Å². The zero-order chi connectivity index (χ0) is 13.9. The molecule has 0 spiro atoms. The highest BCUT2D eigenvalue weighted by atomic mass is 19.1. The number of hydrogen-bond donors (Lipinski definition) is 1. The minimum Gasteiger partial charge on any atom is -0.372 e. The van der Waals surface area contributed by atoms with Crippen LogP contribution in [0.2, 0.25) is 0 Å². The second-order valence-electron chi connectivity index (χ2n) is 5.90. The van der Waals surface area contributed by atoms with E-state index in [1.807, 2.05) is 19.2 Å². The van der Waals surface area contributed by atoms with Crippen LogP contribution in [-0.4, -0.2) is 43.8 Å². The average Bonchev–Trinajstić information content (AvgIpc) is 2.80. The fourth-order valence-corrected chi connectivity index (χ4v) is 3.37. The van der Waals surface area contributed by atoms with Crippen molar-refractivity contribution in [1.29, 1.82) is 0 Å². The van der Waals surface area contributed by atoms with Crippen molar-refractivity contribution in [2.45, 2.75) is 37.5 Å². The number of likely N-dealkylation sites (tertiary alicyclic amines) is 1. The molecule has 2 aliphatic heterocycles. The number of nitrogens with one attached hydrogen (secondary N) is 1. The van der Waals surface area contributed by atoms with E-state index in [9.17, 15) is 4.39 Å². The van der Waals surface area contributed by atoms with E-state index >= 15 is 0 Å². The molecule has 0 saturated carbocycles. The molecule has 0 aromatic heterocycles. The molecule has 4 heteroatoms. The third kappa shape index (κ3) is 3.19. The van der Waals surface area contributed by atoms with Gasteiger partial charge in [-0.1, -0.05) is 12.1 Å². The standard InChI is InChI=1S/C16H23FN2O/c1-18-16(12-2-4-13(17)5-3-12)8-9-19-10-14-6-7-15(11-19)20-14/h2-5,14-16,18H,6-11H2,1H3. The van der Waals surface area contributed by atoms with E-state index in [0.717, 1.165) is 31.6 Å². The summed E-state index contributed by atoms with van der Waals surface area (Å²) in [6.45, 7) is 3.20. The fraction of sp³-hybridized carbons (Fsp3) is 0.625. The molecule has 20 heavy (non-hydrogen) atoms.